The fourth-order valence-corrected chi connectivity index (χ4v) is 3.04. The van der Waals surface area contributed by atoms with Crippen molar-refractivity contribution in [3.63, 3.8) is 0 Å². The molecule has 2 heterocycles. The molecule has 1 aliphatic rings. The molecule has 0 fully saturated rings. The van der Waals surface area contributed by atoms with Gasteiger partial charge >= 0.3 is 0 Å². The summed E-state index contributed by atoms with van der Waals surface area (Å²) in [4.78, 5) is 21.5. The summed E-state index contributed by atoms with van der Waals surface area (Å²) in [6, 6.07) is 14.1. The molecule has 3 aromatic rings. The molecule has 9 heteroatoms. The molecule has 1 amide bonds. The first-order valence-corrected chi connectivity index (χ1v) is 9.79. The number of nitrogens with one attached hydrogen (secondary N) is 2. The Bertz CT molecular complexity index is 1130. The van der Waals surface area contributed by atoms with Crippen molar-refractivity contribution in [2.24, 2.45) is 4.99 Å². The minimum atomic E-state index is -0.346. The molecular weight excluding hydrogens is 412 g/mol. The molecule has 164 valence electrons. The number of carbonyl (C=O) groups is 1. The summed E-state index contributed by atoms with van der Waals surface area (Å²) < 4.78 is 21.3. The van der Waals surface area contributed by atoms with E-state index in [0.717, 1.165) is 5.56 Å². The molecule has 1 aromatic heterocycles. The predicted molar refractivity (Wildman–Crippen MR) is 119 cm³/mol. The number of pyridine rings is 1. The first-order valence-electron chi connectivity index (χ1n) is 9.79. The van der Waals surface area contributed by atoms with Crippen LogP contribution in [0.15, 0.2) is 65.9 Å². The van der Waals surface area contributed by atoms with Gasteiger partial charge in [0.1, 0.15) is 0 Å². The van der Waals surface area contributed by atoms with Gasteiger partial charge < -0.3 is 24.3 Å². The lowest BCUT2D eigenvalue weighted by molar-refractivity contribution is 0.0976. The third kappa shape index (κ3) is 4.89. The molecule has 1 aliphatic heterocycles. The minimum absolute atomic E-state index is 0.138. The van der Waals surface area contributed by atoms with E-state index in [1.165, 1.54) is 0 Å². The largest absolute Gasteiger partial charge is 0.493 e. The van der Waals surface area contributed by atoms with Crippen LogP contribution in [0.25, 0.3) is 0 Å². The van der Waals surface area contributed by atoms with Crippen LogP contribution in [0.4, 0.5) is 5.69 Å². The quantitative estimate of drug-likeness (QED) is 0.454. The van der Waals surface area contributed by atoms with E-state index in [2.05, 4.69) is 20.6 Å². The van der Waals surface area contributed by atoms with Gasteiger partial charge in [0.2, 0.25) is 12.8 Å². The predicted octanol–water partition coefficient (Wildman–Crippen LogP) is 3.23. The molecule has 9 nitrogen and oxygen atoms in total. The van der Waals surface area contributed by atoms with Crippen LogP contribution in [0.2, 0.25) is 0 Å². The normalized spacial score (nSPS) is 12.2. The van der Waals surface area contributed by atoms with E-state index in [-0.39, 0.29) is 18.7 Å². The number of carbonyl (C=O) groups excluding carboxylic acids is 1. The van der Waals surface area contributed by atoms with Crippen LogP contribution in [-0.2, 0) is 6.54 Å². The molecule has 0 aliphatic carbocycles. The summed E-state index contributed by atoms with van der Waals surface area (Å²) in [5, 5.41) is 5.95. The minimum Gasteiger partial charge on any atom is -0.493 e. The van der Waals surface area contributed by atoms with Gasteiger partial charge in [-0.2, -0.15) is 0 Å². The molecule has 0 unspecified atom stereocenters. The summed E-state index contributed by atoms with van der Waals surface area (Å²) >= 11 is 0. The Morgan fingerprint density at radius 1 is 1.06 bits per heavy atom. The molecule has 0 radical (unpaired) electrons. The number of nitrogens with zero attached hydrogens (tertiary/aromatic N) is 2. The van der Waals surface area contributed by atoms with E-state index in [1.54, 1.807) is 63.0 Å². The highest BCUT2D eigenvalue weighted by atomic mass is 16.7. The Morgan fingerprint density at radius 2 is 1.91 bits per heavy atom. The van der Waals surface area contributed by atoms with Crippen molar-refractivity contribution in [3.05, 3.63) is 72.1 Å². The molecule has 2 N–H and O–H groups in total. The van der Waals surface area contributed by atoms with Crippen molar-refractivity contribution in [1.29, 1.82) is 0 Å². The van der Waals surface area contributed by atoms with Gasteiger partial charge in [0, 0.05) is 29.7 Å². The lowest BCUT2D eigenvalue weighted by Gasteiger charge is -2.14. The third-order valence-electron chi connectivity index (χ3n) is 4.66. The second kappa shape index (κ2) is 9.69. The number of hydrogen-bond donors (Lipinski definition) is 2. The van der Waals surface area contributed by atoms with E-state index in [9.17, 15) is 4.79 Å². The molecule has 0 spiro atoms. The second-order valence-corrected chi connectivity index (χ2v) is 6.74. The molecule has 0 saturated heterocycles. The average molecular weight is 434 g/mol. The molecule has 0 atom stereocenters. The second-order valence-electron chi connectivity index (χ2n) is 6.74. The van der Waals surface area contributed by atoms with Crippen LogP contribution in [0.3, 0.4) is 0 Å². The zero-order chi connectivity index (χ0) is 22.3. The standard InChI is InChI=1S/C23H22N4O5/c1-29-18-8-6-17(11-20(18)30-2)26-23(25-13-15-4-3-9-24-12-15)27-22(28)16-5-7-19-21(10-16)32-14-31-19/h3-12H,13-14H2,1-2H3,(H2,25,26,27,28). The summed E-state index contributed by atoms with van der Waals surface area (Å²) in [6.07, 6.45) is 3.41. The van der Waals surface area contributed by atoms with Gasteiger partial charge in [-0.3, -0.25) is 15.1 Å². The number of ether oxygens (including phenoxy) is 4. The van der Waals surface area contributed by atoms with Gasteiger partial charge in [0.05, 0.1) is 20.8 Å². The number of methoxy groups -OCH3 is 2. The maximum absolute atomic E-state index is 12.9. The number of anilines is 1. The maximum atomic E-state index is 12.9. The van der Waals surface area contributed by atoms with E-state index < -0.39 is 0 Å². The topological polar surface area (TPSA) is 103 Å². The first-order chi connectivity index (χ1) is 15.7. The number of rotatable bonds is 6. The Kier molecular flexibility index (Phi) is 6.35. The van der Waals surface area contributed by atoms with Crippen LogP contribution in [0.1, 0.15) is 15.9 Å². The van der Waals surface area contributed by atoms with Gasteiger partial charge in [-0.25, -0.2) is 4.99 Å². The van der Waals surface area contributed by atoms with Crippen molar-refractivity contribution in [3.8, 4) is 23.0 Å². The summed E-state index contributed by atoms with van der Waals surface area (Å²) in [6.45, 7) is 0.462. The van der Waals surface area contributed by atoms with Gasteiger partial charge in [-0.1, -0.05) is 6.07 Å². The Morgan fingerprint density at radius 3 is 2.69 bits per heavy atom. The van der Waals surface area contributed by atoms with Crippen LogP contribution in [0, 0.1) is 0 Å². The molecule has 4 rings (SSSR count). The van der Waals surface area contributed by atoms with E-state index >= 15 is 0 Å². The van der Waals surface area contributed by atoms with E-state index in [1.807, 2.05) is 12.1 Å². The summed E-state index contributed by atoms with van der Waals surface area (Å²) in [5.41, 5.74) is 1.98. The van der Waals surface area contributed by atoms with Gasteiger partial charge in [-0.05, 0) is 42.0 Å². The average Bonchev–Trinajstić information content (AvgIpc) is 3.31. The van der Waals surface area contributed by atoms with E-state index in [0.29, 0.717) is 40.8 Å². The highest BCUT2D eigenvalue weighted by Gasteiger charge is 2.17. The lowest BCUT2D eigenvalue weighted by Crippen LogP contribution is -2.36. The maximum Gasteiger partial charge on any atom is 0.258 e. The van der Waals surface area contributed by atoms with Crippen LogP contribution in [-0.4, -0.2) is 37.9 Å². The number of hydrogen-bond acceptors (Lipinski definition) is 7. The number of benzene rings is 2. The summed E-state index contributed by atoms with van der Waals surface area (Å²) in [5.74, 6) is 2.20. The van der Waals surface area contributed by atoms with Crippen molar-refractivity contribution < 1.29 is 23.7 Å². The number of guanidine groups is 1. The number of fused-ring (bicyclic) bond motifs is 1. The zero-order valence-corrected chi connectivity index (χ0v) is 17.6. The fraction of sp³-hybridized carbons (Fsp3) is 0.174. The first kappa shape index (κ1) is 21.0. The monoisotopic (exact) mass is 434 g/mol. The number of amides is 1. The smallest absolute Gasteiger partial charge is 0.258 e. The van der Waals surface area contributed by atoms with Gasteiger partial charge in [-0.15, -0.1) is 0 Å². The van der Waals surface area contributed by atoms with Crippen LogP contribution < -0.4 is 29.6 Å². The Hall–Kier alpha value is -4.27. The highest BCUT2D eigenvalue weighted by Crippen LogP contribution is 2.32. The lowest BCUT2D eigenvalue weighted by atomic mass is 10.2. The molecule has 0 saturated carbocycles. The van der Waals surface area contributed by atoms with E-state index in [4.69, 9.17) is 18.9 Å². The fourth-order valence-electron chi connectivity index (χ4n) is 3.04. The highest BCUT2D eigenvalue weighted by molar-refractivity contribution is 6.10. The SMILES string of the molecule is COc1ccc(NC(=NCc2cccnc2)NC(=O)c2ccc3c(c2)OCO3)cc1OC. The van der Waals surface area contributed by atoms with Gasteiger partial charge in [0.25, 0.3) is 5.91 Å². The van der Waals surface area contributed by atoms with Gasteiger partial charge in [0.15, 0.2) is 23.0 Å². The van der Waals surface area contributed by atoms with Crippen molar-refractivity contribution >= 4 is 17.6 Å². The van der Waals surface area contributed by atoms with Crippen molar-refractivity contribution in [2.75, 3.05) is 26.3 Å². The number of aliphatic imine (C=N–C) groups is 1. The Labute approximate surface area is 185 Å². The van der Waals surface area contributed by atoms with Crippen molar-refractivity contribution in [1.82, 2.24) is 10.3 Å². The number of aromatic nitrogens is 1. The molecular formula is C23H22N4O5. The molecule has 32 heavy (non-hydrogen) atoms. The molecule has 0 bridgehead atoms. The van der Waals surface area contributed by atoms with Crippen LogP contribution in [0.5, 0.6) is 23.0 Å². The summed E-state index contributed by atoms with van der Waals surface area (Å²) in [7, 11) is 3.12. The van der Waals surface area contributed by atoms with Crippen molar-refractivity contribution in [2.45, 2.75) is 6.54 Å². The zero-order valence-electron chi connectivity index (χ0n) is 17.6. The molecule has 2 aromatic carbocycles. The van der Waals surface area contributed by atoms with Crippen LogP contribution >= 0.6 is 0 Å². The third-order valence-corrected chi connectivity index (χ3v) is 4.66. The Balaban J connectivity index is 1.56.